The average molecular weight is 1210 g/mol. The van der Waals surface area contributed by atoms with Crippen LogP contribution in [0.1, 0.15) is 196 Å². The summed E-state index contributed by atoms with van der Waals surface area (Å²) in [5.74, 6) is 0. The first-order chi connectivity index (χ1) is 43.6. The van der Waals surface area contributed by atoms with Crippen molar-refractivity contribution in [1.29, 1.82) is 0 Å². The van der Waals surface area contributed by atoms with Crippen LogP contribution in [0, 0.1) is 0 Å². The lowest BCUT2D eigenvalue weighted by Crippen LogP contribution is -2.62. The van der Waals surface area contributed by atoms with Gasteiger partial charge in [0.25, 0.3) is 6.71 Å². The average Bonchev–Trinajstić information content (AvgIpc) is 1.37. The molecule has 92 heavy (non-hydrogen) atoms. The molecule has 0 bridgehead atoms. The highest BCUT2D eigenvalue weighted by molar-refractivity contribution is 7.00. The van der Waals surface area contributed by atoms with Crippen LogP contribution in [0.2, 0.25) is 0 Å². The standard InChI is InChI=1S/C86H93BN4O/c1-79(2,3)55-33-39-67(62(47-55)54-27-18-17-19-28-54)88-70-42-36-58(82(10,11)12)50-66(70)87-65-38-37-59(90-68-40-34-56(80(4,5)6)48-63(68)83(13)43-22-24-45-85(83,90)15)51-72(65)89(71-30-26-32-76-77(71)61-29-20-21-31-75(61)92-76)74-53-60(52-73(88)78(74)87)91-69-41-35-57(81(7,8)9)49-64(69)84(14)44-23-25-46-86(84,91)16/h17-21,26-42,47-53H,22-25,43-46H2,1-16H3. The van der Waals surface area contributed by atoms with E-state index in [9.17, 15) is 0 Å². The number of benzene rings is 9. The van der Waals surface area contributed by atoms with Gasteiger partial charge in [-0.15, -0.1) is 0 Å². The lowest BCUT2D eigenvalue weighted by atomic mass is 9.33. The van der Waals surface area contributed by atoms with Gasteiger partial charge in [0.15, 0.2) is 0 Å². The van der Waals surface area contributed by atoms with Crippen LogP contribution in [-0.2, 0) is 32.5 Å². The molecule has 4 aliphatic heterocycles. The van der Waals surface area contributed by atoms with Crippen LogP contribution >= 0.6 is 0 Å². The van der Waals surface area contributed by atoms with Gasteiger partial charge in [-0.05, 0) is 189 Å². The minimum absolute atomic E-state index is 0.000800. The molecule has 5 nitrogen and oxygen atoms in total. The summed E-state index contributed by atoms with van der Waals surface area (Å²) in [7, 11) is 0. The Hall–Kier alpha value is -7.96. The van der Waals surface area contributed by atoms with E-state index in [2.05, 4.69) is 306 Å². The van der Waals surface area contributed by atoms with Gasteiger partial charge in [0, 0.05) is 67.3 Å². The van der Waals surface area contributed by atoms with E-state index in [-0.39, 0.29) is 50.3 Å². The number of furan rings is 1. The molecule has 4 unspecified atom stereocenters. The topological polar surface area (TPSA) is 26.1 Å². The zero-order valence-electron chi connectivity index (χ0n) is 57.7. The fraction of sp³-hybridized carbons (Fsp3) is 0.372. The SMILES string of the molecule is CC(C)(C)c1ccc2c(c1)B1c3ccc(N4c5ccc(C(C)(C)C)cc5C5(C)CCCCC45C)cc3N(c3cccc4oc5ccccc5c34)c3cc(N4c5ccc(C(C)(C)C)cc5C5(C)CCCCC45C)cc(c31)N2c1ccc(C(C)(C)C)cc1-c1ccccc1. The van der Waals surface area contributed by atoms with E-state index >= 15 is 0 Å². The van der Waals surface area contributed by atoms with Crippen molar-refractivity contribution in [2.75, 3.05) is 19.6 Å². The number of anilines is 10. The summed E-state index contributed by atoms with van der Waals surface area (Å²) >= 11 is 0. The van der Waals surface area contributed by atoms with E-state index < -0.39 is 0 Å². The molecule has 16 rings (SSSR count). The maximum atomic E-state index is 6.96. The van der Waals surface area contributed by atoms with Crippen molar-refractivity contribution in [3.05, 3.63) is 209 Å². The molecular weight excluding hydrogens is 1120 g/mol. The van der Waals surface area contributed by atoms with Crippen molar-refractivity contribution >= 4 is 102 Å². The monoisotopic (exact) mass is 1210 g/mol. The Morgan fingerprint density at radius 2 is 0.848 bits per heavy atom. The molecular formula is C86H93BN4O. The zero-order chi connectivity index (χ0) is 64.2. The third kappa shape index (κ3) is 8.35. The minimum Gasteiger partial charge on any atom is -0.456 e. The molecule has 0 N–H and O–H groups in total. The molecule has 466 valence electrons. The number of fused-ring (bicyclic) bond motifs is 13. The first kappa shape index (κ1) is 59.1. The van der Waals surface area contributed by atoms with E-state index in [4.69, 9.17) is 4.42 Å². The van der Waals surface area contributed by atoms with E-state index in [0.29, 0.717) is 0 Å². The van der Waals surface area contributed by atoms with Gasteiger partial charge < -0.3 is 24.0 Å². The second-order valence-corrected chi connectivity index (χ2v) is 33.6. The van der Waals surface area contributed by atoms with Gasteiger partial charge in [0.05, 0.1) is 27.8 Å². The van der Waals surface area contributed by atoms with Crippen molar-refractivity contribution < 1.29 is 4.42 Å². The van der Waals surface area contributed by atoms with Crippen molar-refractivity contribution in [3.8, 4) is 11.1 Å². The molecule has 0 spiro atoms. The maximum absolute atomic E-state index is 6.96. The number of hydrogen-bond acceptors (Lipinski definition) is 5. The van der Waals surface area contributed by atoms with Gasteiger partial charge >= 0.3 is 0 Å². The summed E-state index contributed by atoms with van der Waals surface area (Å²) in [6.45, 7) is 38.8. The normalized spacial score (nSPS) is 22.5. The van der Waals surface area contributed by atoms with Gasteiger partial charge in [-0.1, -0.05) is 226 Å². The molecule has 6 heteroatoms. The number of nitrogens with zero attached hydrogens (tertiary/aromatic N) is 4. The Morgan fingerprint density at radius 1 is 0.370 bits per heavy atom. The molecule has 4 atom stereocenters. The molecule has 0 saturated heterocycles. The number of para-hydroxylation sites is 1. The molecule has 2 saturated carbocycles. The molecule has 2 fully saturated rings. The lowest BCUT2D eigenvalue weighted by molar-refractivity contribution is 0.195. The van der Waals surface area contributed by atoms with Gasteiger partial charge in [-0.3, -0.25) is 0 Å². The Morgan fingerprint density at radius 3 is 1.43 bits per heavy atom. The van der Waals surface area contributed by atoms with Gasteiger partial charge in [0.2, 0.25) is 0 Å². The predicted molar refractivity (Wildman–Crippen MR) is 394 cm³/mol. The van der Waals surface area contributed by atoms with Crippen molar-refractivity contribution in [2.24, 2.45) is 0 Å². The van der Waals surface area contributed by atoms with Gasteiger partial charge in [-0.2, -0.15) is 0 Å². The summed E-state index contributed by atoms with van der Waals surface area (Å²) < 4.78 is 6.96. The number of hydrogen-bond donors (Lipinski definition) is 0. The first-order valence-corrected chi connectivity index (χ1v) is 34.7. The van der Waals surface area contributed by atoms with Crippen LogP contribution in [0.25, 0.3) is 33.1 Å². The summed E-state index contributed by atoms with van der Waals surface area (Å²) in [6, 6.07) is 69.8. The Kier molecular flexibility index (Phi) is 12.7. The van der Waals surface area contributed by atoms with Gasteiger partial charge in [-0.25, -0.2) is 0 Å². The van der Waals surface area contributed by atoms with Crippen LogP contribution in [0.5, 0.6) is 0 Å². The third-order valence-electron chi connectivity index (χ3n) is 24.2. The molecule has 5 heterocycles. The van der Waals surface area contributed by atoms with Crippen LogP contribution in [0.15, 0.2) is 180 Å². The Labute approximate surface area is 548 Å². The fourth-order valence-electron chi connectivity index (χ4n) is 18.4. The minimum atomic E-state index is -0.226. The third-order valence-corrected chi connectivity index (χ3v) is 24.2. The smallest absolute Gasteiger partial charge is 0.252 e. The lowest BCUT2D eigenvalue weighted by Gasteiger charge is -2.51. The zero-order valence-corrected chi connectivity index (χ0v) is 57.7. The Balaban J connectivity index is 1.06. The van der Waals surface area contributed by atoms with Gasteiger partial charge in [0.1, 0.15) is 11.2 Å². The van der Waals surface area contributed by atoms with Crippen LogP contribution in [-0.4, -0.2) is 17.8 Å². The largest absolute Gasteiger partial charge is 0.456 e. The van der Waals surface area contributed by atoms with Crippen molar-refractivity contribution in [1.82, 2.24) is 0 Å². The number of rotatable bonds is 5. The second-order valence-electron chi connectivity index (χ2n) is 33.6. The molecule has 0 radical (unpaired) electrons. The van der Waals surface area contributed by atoms with Crippen LogP contribution in [0.4, 0.5) is 56.9 Å². The highest BCUT2D eigenvalue weighted by Crippen LogP contribution is 2.65. The predicted octanol–water partition coefficient (Wildman–Crippen LogP) is 22.0. The molecule has 0 amide bonds. The quantitative estimate of drug-likeness (QED) is 0.160. The highest BCUT2D eigenvalue weighted by atomic mass is 16.3. The van der Waals surface area contributed by atoms with Crippen molar-refractivity contribution in [2.45, 2.75) is 206 Å². The maximum Gasteiger partial charge on any atom is 0.252 e. The summed E-state index contributed by atoms with van der Waals surface area (Å²) in [6.07, 6.45) is 9.37. The van der Waals surface area contributed by atoms with E-state index in [1.165, 1.54) is 138 Å². The highest BCUT2D eigenvalue weighted by Gasteiger charge is 2.60. The van der Waals surface area contributed by atoms with E-state index in [1.54, 1.807) is 0 Å². The molecule has 6 aliphatic rings. The fourth-order valence-corrected chi connectivity index (χ4v) is 18.4. The van der Waals surface area contributed by atoms with Crippen LogP contribution < -0.4 is 36.0 Å². The summed E-state index contributed by atoms with van der Waals surface area (Å²) in [5.41, 5.74) is 28.3. The van der Waals surface area contributed by atoms with Crippen LogP contribution in [0.3, 0.4) is 0 Å². The van der Waals surface area contributed by atoms with E-state index in [1.807, 2.05) is 0 Å². The molecule has 1 aromatic heterocycles. The molecule has 2 aliphatic carbocycles. The second kappa shape index (κ2) is 19.8. The first-order valence-electron chi connectivity index (χ1n) is 34.7. The summed E-state index contributed by atoms with van der Waals surface area (Å²) in [4.78, 5) is 11.1. The van der Waals surface area contributed by atoms with E-state index in [0.717, 1.165) is 53.3 Å². The Bertz CT molecular complexity index is 4700. The van der Waals surface area contributed by atoms with Crippen molar-refractivity contribution in [3.63, 3.8) is 0 Å². The summed E-state index contributed by atoms with van der Waals surface area (Å²) in [5, 5.41) is 2.25. The molecule has 9 aromatic carbocycles. The molecule has 10 aromatic rings.